The van der Waals surface area contributed by atoms with Gasteiger partial charge in [-0.1, -0.05) is 43.8 Å². The fourth-order valence-electron chi connectivity index (χ4n) is 4.42. The number of hydrogen-bond acceptors (Lipinski definition) is 10. The molecule has 14 heteroatoms. The molecule has 2 heterocycles. The summed E-state index contributed by atoms with van der Waals surface area (Å²) in [6, 6.07) is 11.6. The van der Waals surface area contributed by atoms with Crippen LogP contribution in [0.3, 0.4) is 0 Å². The number of allylic oxidation sites excluding steroid dienone is 2. The lowest BCUT2D eigenvalue weighted by atomic mass is 10.1. The Kier molecular flexibility index (Phi) is 11.7. The van der Waals surface area contributed by atoms with Gasteiger partial charge in [-0.15, -0.1) is 4.33 Å². The average Bonchev–Trinajstić information content (AvgIpc) is 3.43. The van der Waals surface area contributed by atoms with Crippen molar-refractivity contribution in [2.75, 3.05) is 23.8 Å². The van der Waals surface area contributed by atoms with E-state index in [-0.39, 0.29) is 6.42 Å². The molecule has 0 saturated heterocycles. The van der Waals surface area contributed by atoms with E-state index in [1.54, 1.807) is 0 Å². The molecule has 0 N–H and O–H groups in total. The van der Waals surface area contributed by atoms with E-state index in [0.717, 1.165) is 44.3 Å². The van der Waals surface area contributed by atoms with Gasteiger partial charge in [0.25, 0.3) is 5.52 Å². The van der Waals surface area contributed by atoms with Crippen molar-refractivity contribution in [2.45, 2.75) is 45.6 Å². The number of unbranched alkanes of at least 4 members (excludes halogenated alkanes) is 2. The third kappa shape index (κ3) is 9.04. The maximum absolute atomic E-state index is 11.1. The zero-order valence-electron chi connectivity index (χ0n) is 22.3. The first-order valence-corrected chi connectivity index (χ1v) is 16.5. The Bertz CT molecular complexity index is 1520. The molecule has 0 saturated carbocycles. The van der Waals surface area contributed by atoms with Crippen molar-refractivity contribution in [3.63, 3.8) is 0 Å². The molecule has 0 spiro atoms. The molecule has 3 aromatic rings. The fraction of sp³-hybridized carbons (Fsp3) is 0.370. The molecule has 4 rings (SSSR count). The fourth-order valence-corrected chi connectivity index (χ4v) is 5.72. The molecule has 0 atom stereocenters. The Balaban J connectivity index is 1.61. The average molecular weight is 734 g/mol. The molecule has 41 heavy (non-hydrogen) atoms. The first-order valence-electron chi connectivity index (χ1n) is 13.0. The standard InChI is InChI=1S/C27H30Br2N2O8S2/c1-2-19(15-26-30(11-3-5-13-35-38-39-40)22-17-20(28)7-9-24(22)36-26)16-27-31(12-4-6-14-41(32,33)34)23-18-21(29)8-10-25(23)37-27/h7-10,15-18H,2-6,11-14H2,1H3,(H-,32,33,34,40). The lowest BCUT2D eigenvalue weighted by Crippen LogP contribution is -2.35. The van der Waals surface area contributed by atoms with Crippen LogP contribution >= 0.6 is 44.8 Å². The molecule has 0 fully saturated rings. The number of oxazole rings is 1. The predicted molar refractivity (Wildman–Crippen MR) is 163 cm³/mol. The van der Waals surface area contributed by atoms with E-state index in [9.17, 15) is 13.0 Å². The smallest absolute Gasteiger partial charge is 0.374 e. The Labute approximate surface area is 261 Å². The van der Waals surface area contributed by atoms with Gasteiger partial charge in [0.2, 0.25) is 11.5 Å². The lowest BCUT2D eigenvalue weighted by molar-refractivity contribution is -0.678. The number of thiol groups is 1. The highest BCUT2D eigenvalue weighted by Gasteiger charge is 2.27. The molecule has 0 unspecified atom stereocenters. The third-order valence-electron chi connectivity index (χ3n) is 6.37. The first-order chi connectivity index (χ1) is 19.7. The van der Waals surface area contributed by atoms with Crippen LogP contribution in [-0.2, 0) is 30.9 Å². The molecule has 222 valence electrons. The summed E-state index contributed by atoms with van der Waals surface area (Å²) in [6.45, 7) is 3.57. The highest BCUT2D eigenvalue weighted by Crippen LogP contribution is 2.41. The van der Waals surface area contributed by atoms with Gasteiger partial charge in [0, 0.05) is 52.7 Å². The predicted octanol–water partition coefficient (Wildman–Crippen LogP) is 6.61. The number of anilines is 1. The summed E-state index contributed by atoms with van der Waals surface area (Å²) in [5.74, 6) is 1.67. The number of nitrogens with zero attached hydrogens (tertiary/aromatic N) is 2. The van der Waals surface area contributed by atoms with Gasteiger partial charge in [-0.3, -0.25) is 0 Å². The molecule has 1 aliphatic heterocycles. The molecule has 10 nitrogen and oxygen atoms in total. The minimum Gasteiger partial charge on any atom is -0.748 e. The second kappa shape index (κ2) is 15.0. The molecule has 1 aliphatic rings. The normalized spacial score (nSPS) is 14.7. The van der Waals surface area contributed by atoms with Crippen molar-refractivity contribution in [3.8, 4) is 5.75 Å². The van der Waals surface area contributed by atoms with Crippen LogP contribution < -0.4 is 14.2 Å². The van der Waals surface area contributed by atoms with Crippen LogP contribution in [0.1, 0.15) is 44.9 Å². The molecule has 1 aromatic heterocycles. The van der Waals surface area contributed by atoms with Crippen LogP contribution in [0.25, 0.3) is 17.2 Å². The summed E-state index contributed by atoms with van der Waals surface area (Å²) in [7, 11) is -4.26. The van der Waals surface area contributed by atoms with Gasteiger partial charge in [-0.05, 0) is 61.6 Å². The summed E-state index contributed by atoms with van der Waals surface area (Å²) in [5, 5.41) is 4.35. The van der Waals surface area contributed by atoms with Crippen molar-refractivity contribution in [1.29, 1.82) is 0 Å². The number of halogens is 2. The summed E-state index contributed by atoms with van der Waals surface area (Å²) >= 11 is 10.5. The van der Waals surface area contributed by atoms with Crippen molar-refractivity contribution in [2.24, 2.45) is 0 Å². The molecular weight excluding hydrogens is 704 g/mol. The van der Waals surface area contributed by atoms with Crippen LogP contribution in [-0.4, -0.2) is 31.9 Å². The Morgan fingerprint density at radius 1 is 1.12 bits per heavy atom. The van der Waals surface area contributed by atoms with Gasteiger partial charge in [0.05, 0.1) is 28.5 Å². The number of hydrogen-bond donors (Lipinski definition) is 1. The molecule has 0 bridgehead atoms. The molecule has 0 aliphatic carbocycles. The monoisotopic (exact) mass is 732 g/mol. The zero-order chi connectivity index (χ0) is 29.4. The van der Waals surface area contributed by atoms with Crippen molar-refractivity contribution < 1.29 is 41.0 Å². The largest absolute Gasteiger partial charge is 0.748 e. The Hall–Kier alpha value is -1.91. The maximum Gasteiger partial charge on any atom is 0.374 e. The second-order valence-electron chi connectivity index (χ2n) is 9.27. The maximum atomic E-state index is 11.1. The van der Waals surface area contributed by atoms with E-state index in [4.69, 9.17) is 14.0 Å². The summed E-state index contributed by atoms with van der Waals surface area (Å²) in [4.78, 5) is 6.98. The van der Waals surface area contributed by atoms with Gasteiger partial charge in [0.15, 0.2) is 12.3 Å². The van der Waals surface area contributed by atoms with Crippen LogP contribution in [0.15, 0.2) is 67.3 Å². The molecule has 0 amide bonds. The number of aryl methyl sites for hydroxylation is 1. The number of benzene rings is 2. The van der Waals surface area contributed by atoms with Crippen LogP contribution in [0.2, 0.25) is 0 Å². The van der Waals surface area contributed by atoms with Gasteiger partial charge in [-0.2, -0.15) is 4.57 Å². The number of aromatic nitrogens is 1. The summed E-state index contributed by atoms with van der Waals surface area (Å²) in [6.07, 6.45) is 6.96. The highest BCUT2D eigenvalue weighted by atomic mass is 79.9. The van der Waals surface area contributed by atoms with Crippen LogP contribution in [0, 0.1) is 0 Å². The van der Waals surface area contributed by atoms with Gasteiger partial charge in [-0.25, -0.2) is 13.3 Å². The van der Waals surface area contributed by atoms with Gasteiger partial charge >= 0.3 is 5.89 Å². The second-order valence-corrected chi connectivity index (χ2v) is 12.8. The summed E-state index contributed by atoms with van der Waals surface area (Å²) in [5.41, 5.74) is 3.48. The number of fused-ring (bicyclic) bond motifs is 2. The number of rotatable bonds is 15. The van der Waals surface area contributed by atoms with Crippen molar-refractivity contribution >= 4 is 77.8 Å². The van der Waals surface area contributed by atoms with Crippen molar-refractivity contribution in [1.82, 2.24) is 0 Å². The first kappa shape index (κ1) is 32.0. The van der Waals surface area contributed by atoms with Gasteiger partial charge < -0.3 is 18.6 Å². The Morgan fingerprint density at radius 3 is 2.66 bits per heavy atom. The van der Waals surface area contributed by atoms with E-state index in [0.29, 0.717) is 49.9 Å². The van der Waals surface area contributed by atoms with E-state index in [1.165, 1.54) is 0 Å². The highest BCUT2D eigenvalue weighted by molar-refractivity contribution is 9.10. The minimum absolute atomic E-state index is 0.267. The zero-order valence-corrected chi connectivity index (χ0v) is 27.1. The van der Waals surface area contributed by atoms with Crippen LogP contribution in [0.4, 0.5) is 5.69 Å². The Morgan fingerprint density at radius 2 is 1.90 bits per heavy atom. The SMILES string of the molecule is CCC(/C=C1\Oc2ccc(Br)cc2N1CCCCOOOS)=C\c1oc2ccc(Br)cc2[n+]1CCCCS(=O)(=O)[O-]. The van der Waals surface area contributed by atoms with Crippen LogP contribution in [0.5, 0.6) is 5.75 Å². The van der Waals surface area contributed by atoms with E-state index >= 15 is 0 Å². The quantitative estimate of drug-likeness (QED) is 0.0351. The third-order valence-corrected chi connectivity index (χ3v) is 8.21. The lowest BCUT2D eigenvalue weighted by Gasteiger charge is -2.18. The molecule has 2 aromatic carbocycles. The topological polar surface area (TPSA) is 114 Å². The summed E-state index contributed by atoms with van der Waals surface area (Å²) < 4.78 is 53.7. The molecule has 0 radical (unpaired) electrons. The van der Waals surface area contributed by atoms with E-state index < -0.39 is 15.9 Å². The minimum atomic E-state index is -4.26. The van der Waals surface area contributed by atoms with E-state index in [2.05, 4.69) is 66.0 Å². The van der Waals surface area contributed by atoms with Gasteiger partial charge in [0.1, 0.15) is 0 Å². The van der Waals surface area contributed by atoms with Crippen molar-refractivity contribution in [3.05, 3.63) is 68.8 Å². The molecular formula is C27H30Br2N2O8S2. The number of ether oxygens (including phenoxy) is 1. The van der Waals surface area contributed by atoms with E-state index in [1.807, 2.05) is 53.1 Å².